The summed E-state index contributed by atoms with van der Waals surface area (Å²) in [7, 11) is 0. The van der Waals surface area contributed by atoms with Gasteiger partial charge in [-0.15, -0.1) is 0 Å². The Balaban J connectivity index is 2.39. The first kappa shape index (κ1) is 8.91. The number of nitrogens with zero attached hydrogens (tertiary/aromatic N) is 1. The van der Waals surface area contributed by atoms with Gasteiger partial charge < -0.3 is 5.73 Å². The van der Waals surface area contributed by atoms with Crippen LogP contribution in [0.2, 0.25) is 0 Å². The second kappa shape index (κ2) is 4.00. The van der Waals surface area contributed by atoms with Crippen molar-refractivity contribution in [3.05, 3.63) is 0 Å². The molecule has 0 spiro atoms. The second-order valence-electron chi connectivity index (χ2n) is 3.39. The van der Waals surface area contributed by atoms with Gasteiger partial charge in [0.2, 0.25) is 0 Å². The van der Waals surface area contributed by atoms with Crippen molar-refractivity contribution in [2.24, 2.45) is 16.6 Å². The lowest BCUT2D eigenvalue weighted by molar-refractivity contribution is 0.489. The summed E-state index contributed by atoms with van der Waals surface area (Å²) in [6.45, 7) is 4.46. The van der Waals surface area contributed by atoms with Gasteiger partial charge in [-0.3, -0.25) is 4.99 Å². The Morgan fingerprint density at radius 1 is 1.73 bits per heavy atom. The third-order valence-corrected chi connectivity index (χ3v) is 2.60. The van der Waals surface area contributed by atoms with Crippen LogP contribution in [0.4, 0.5) is 0 Å². The topological polar surface area (TPSA) is 38.4 Å². The van der Waals surface area contributed by atoms with E-state index in [4.69, 9.17) is 5.73 Å². The Hall–Kier alpha value is -0.180. The molecule has 64 valence electrons. The molecule has 0 fully saturated rings. The molecule has 0 amide bonds. The number of aliphatic imine (C=N–C) groups is 1. The first-order chi connectivity index (χ1) is 5.18. The molecule has 1 rings (SSSR count). The summed E-state index contributed by atoms with van der Waals surface area (Å²) in [5, 5.41) is 0.780. The van der Waals surface area contributed by atoms with Crippen molar-refractivity contribution in [2.45, 2.75) is 32.7 Å². The molecule has 0 aromatic carbocycles. The average Bonchev–Trinajstić information content (AvgIpc) is 1.85. The van der Waals surface area contributed by atoms with Crippen molar-refractivity contribution in [3.8, 4) is 0 Å². The molecule has 2 N–H and O–H groups in total. The van der Waals surface area contributed by atoms with Crippen LogP contribution in [0.5, 0.6) is 0 Å². The summed E-state index contributed by atoms with van der Waals surface area (Å²) in [5.74, 6) is 1.88. The molecule has 1 aliphatic heterocycles. The summed E-state index contributed by atoms with van der Waals surface area (Å²) in [6, 6.07) is 0.497. The molecule has 0 saturated carbocycles. The van der Waals surface area contributed by atoms with E-state index in [0.717, 1.165) is 16.8 Å². The van der Waals surface area contributed by atoms with E-state index >= 15 is 0 Å². The van der Waals surface area contributed by atoms with Gasteiger partial charge in [-0.1, -0.05) is 25.6 Å². The molecule has 0 saturated heterocycles. The number of rotatable bonds is 2. The SMILES string of the molecule is CC(C)CC1CCSC(N)=N1. The van der Waals surface area contributed by atoms with E-state index in [9.17, 15) is 0 Å². The third kappa shape index (κ3) is 3.14. The highest BCUT2D eigenvalue weighted by molar-refractivity contribution is 8.13. The van der Waals surface area contributed by atoms with E-state index in [-0.39, 0.29) is 0 Å². The summed E-state index contributed by atoms with van der Waals surface area (Å²) in [5.41, 5.74) is 5.61. The molecule has 0 aliphatic carbocycles. The molecule has 1 unspecified atom stereocenters. The molecule has 0 aromatic rings. The van der Waals surface area contributed by atoms with Crippen molar-refractivity contribution in [1.82, 2.24) is 0 Å². The maximum absolute atomic E-state index is 5.61. The highest BCUT2D eigenvalue weighted by atomic mass is 32.2. The van der Waals surface area contributed by atoms with Crippen LogP contribution >= 0.6 is 11.8 Å². The Kier molecular flexibility index (Phi) is 3.24. The van der Waals surface area contributed by atoms with Crippen LogP contribution in [-0.2, 0) is 0 Å². The van der Waals surface area contributed by atoms with E-state index in [0.29, 0.717) is 6.04 Å². The summed E-state index contributed by atoms with van der Waals surface area (Å²) in [4.78, 5) is 4.38. The van der Waals surface area contributed by atoms with Gasteiger partial charge in [-0.05, 0) is 18.8 Å². The molecule has 11 heavy (non-hydrogen) atoms. The number of hydrogen-bond acceptors (Lipinski definition) is 3. The first-order valence-corrected chi connectivity index (χ1v) is 5.13. The zero-order chi connectivity index (χ0) is 8.27. The quantitative estimate of drug-likeness (QED) is 0.690. The summed E-state index contributed by atoms with van der Waals surface area (Å²) < 4.78 is 0. The molecule has 1 atom stereocenters. The van der Waals surface area contributed by atoms with Crippen LogP contribution in [0.25, 0.3) is 0 Å². The van der Waals surface area contributed by atoms with Crippen LogP contribution in [0.1, 0.15) is 26.7 Å². The number of hydrogen-bond donors (Lipinski definition) is 1. The van der Waals surface area contributed by atoms with Gasteiger partial charge >= 0.3 is 0 Å². The monoisotopic (exact) mass is 172 g/mol. The van der Waals surface area contributed by atoms with Crippen molar-refractivity contribution >= 4 is 16.9 Å². The molecule has 3 heteroatoms. The van der Waals surface area contributed by atoms with E-state index in [1.54, 1.807) is 11.8 Å². The maximum atomic E-state index is 5.61. The van der Waals surface area contributed by atoms with Gasteiger partial charge in [0, 0.05) is 5.75 Å². The van der Waals surface area contributed by atoms with Crippen LogP contribution in [-0.4, -0.2) is 17.0 Å². The largest absolute Gasteiger partial charge is 0.379 e. The zero-order valence-electron chi connectivity index (χ0n) is 7.21. The average molecular weight is 172 g/mol. The van der Waals surface area contributed by atoms with Gasteiger partial charge in [0.05, 0.1) is 6.04 Å². The van der Waals surface area contributed by atoms with Crippen molar-refractivity contribution < 1.29 is 0 Å². The normalized spacial score (nSPS) is 25.4. The fourth-order valence-corrected chi connectivity index (χ4v) is 2.12. The minimum Gasteiger partial charge on any atom is -0.379 e. The minimum atomic E-state index is 0.497. The van der Waals surface area contributed by atoms with Gasteiger partial charge in [-0.2, -0.15) is 0 Å². The van der Waals surface area contributed by atoms with Gasteiger partial charge in [0.15, 0.2) is 5.17 Å². The standard InChI is InChI=1S/C8H16N2S/c1-6(2)5-7-3-4-11-8(9)10-7/h6-7H,3-5H2,1-2H3,(H2,9,10). The van der Waals surface area contributed by atoms with E-state index in [1.165, 1.54) is 12.8 Å². The molecule has 0 aromatic heterocycles. The molecule has 0 radical (unpaired) electrons. The minimum absolute atomic E-state index is 0.497. The number of nitrogens with two attached hydrogens (primary N) is 1. The molecule has 1 aliphatic rings. The summed E-state index contributed by atoms with van der Waals surface area (Å²) >= 11 is 1.68. The highest BCUT2D eigenvalue weighted by Crippen LogP contribution is 2.20. The van der Waals surface area contributed by atoms with Crippen molar-refractivity contribution in [1.29, 1.82) is 0 Å². The van der Waals surface area contributed by atoms with Crippen LogP contribution < -0.4 is 5.73 Å². The highest BCUT2D eigenvalue weighted by Gasteiger charge is 2.14. The third-order valence-electron chi connectivity index (χ3n) is 1.75. The van der Waals surface area contributed by atoms with E-state index in [1.807, 2.05) is 0 Å². The lowest BCUT2D eigenvalue weighted by Gasteiger charge is -2.19. The predicted octanol–water partition coefficient (Wildman–Crippen LogP) is 1.85. The van der Waals surface area contributed by atoms with Crippen LogP contribution in [0, 0.1) is 5.92 Å². The fraction of sp³-hybridized carbons (Fsp3) is 0.875. The Labute approximate surface area is 72.6 Å². The smallest absolute Gasteiger partial charge is 0.154 e. The van der Waals surface area contributed by atoms with E-state index in [2.05, 4.69) is 18.8 Å². The number of amidine groups is 1. The lowest BCUT2D eigenvalue weighted by Crippen LogP contribution is -2.21. The van der Waals surface area contributed by atoms with Crippen LogP contribution in [0.15, 0.2) is 4.99 Å². The zero-order valence-corrected chi connectivity index (χ0v) is 8.03. The lowest BCUT2D eigenvalue weighted by atomic mass is 10.0. The Morgan fingerprint density at radius 2 is 2.45 bits per heavy atom. The van der Waals surface area contributed by atoms with Crippen LogP contribution in [0.3, 0.4) is 0 Å². The maximum Gasteiger partial charge on any atom is 0.154 e. The van der Waals surface area contributed by atoms with Gasteiger partial charge in [0.1, 0.15) is 0 Å². The van der Waals surface area contributed by atoms with Crippen molar-refractivity contribution in [3.63, 3.8) is 0 Å². The molecule has 0 bridgehead atoms. The number of thioether (sulfide) groups is 1. The molecular formula is C8H16N2S. The second-order valence-corrected chi connectivity index (χ2v) is 4.50. The summed E-state index contributed by atoms with van der Waals surface area (Å²) in [6.07, 6.45) is 2.38. The Morgan fingerprint density at radius 3 is 3.00 bits per heavy atom. The Bertz CT molecular complexity index is 154. The van der Waals surface area contributed by atoms with Gasteiger partial charge in [-0.25, -0.2) is 0 Å². The predicted molar refractivity (Wildman–Crippen MR) is 51.9 cm³/mol. The molecule has 2 nitrogen and oxygen atoms in total. The van der Waals surface area contributed by atoms with Gasteiger partial charge in [0.25, 0.3) is 0 Å². The molecular weight excluding hydrogens is 156 g/mol. The van der Waals surface area contributed by atoms with E-state index < -0.39 is 0 Å². The fourth-order valence-electron chi connectivity index (χ4n) is 1.30. The first-order valence-electron chi connectivity index (χ1n) is 4.14. The van der Waals surface area contributed by atoms with Crippen molar-refractivity contribution in [2.75, 3.05) is 5.75 Å². The molecule has 1 heterocycles.